The number of imidazole rings is 1. The van der Waals surface area contributed by atoms with Crippen LogP contribution in [0.15, 0.2) is 51.2 Å². The Morgan fingerprint density at radius 3 is 2.76 bits per heavy atom. The van der Waals surface area contributed by atoms with E-state index in [1.165, 1.54) is 11.3 Å². The Hall–Kier alpha value is -3.13. The van der Waals surface area contributed by atoms with E-state index in [2.05, 4.69) is 4.98 Å². The number of methoxy groups -OCH3 is 1. The number of carbonyl (C=O) groups excluding carboxylic acids is 1. The van der Waals surface area contributed by atoms with Gasteiger partial charge in [0.05, 0.1) is 30.8 Å². The second kappa shape index (κ2) is 9.02. The van der Waals surface area contributed by atoms with Gasteiger partial charge in [-0.15, -0.1) is 11.3 Å². The summed E-state index contributed by atoms with van der Waals surface area (Å²) in [4.78, 5) is 30.3. The number of Topliss-reactive ketones (excluding diaryl/α,β-unsaturated/α-hetero) is 1. The lowest BCUT2D eigenvalue weighted by atomic mass is 9.79. The molecular formula is C25H27N3O4S. The number of hydrogen-bond donors (Lipinski definition) is 0. The highest BCUT2D eigenvalue weighted by Gasteiger charge is 2.28. The number of thiazole rings is 1. The molecule has 3 heterocycles. The molecule has 1 aliphatic carbocycles. The lowest BCUT2D eigenvalue weighted by Crippen LogP contribution is -2.29. The maximum absolute atomic E-state index is 12.9. The van der Waals surface area contributed by atoms with Crippen molar-refractivity contribution in [2.24, 2.45) is 18.9 Å². The lowest BCUT2D eigenvalue weighted by molar-refractivity contribution is -0.123. The predicted molar refractivity (Wildman–Crippen MR) is 128 cm³/mol. The number of ether oxygens (including phenoxy) is 1. The molecule has 0 radical (unpaired) electrons. The van der Waals surface area contributed by atoms with Gasteiger partial charge in [-0.3, -0.25) is 13.9 Å². The summed E-state index contributed by atoms with van der Waals surface area (Å²) >= 11 is 1.51. The molecule has 4 aromatic rings. The van der Waals surface area contributed by atoms with E-state index in [4.69, 9.17) is 9.15 Å². The second-order valence-electron chi connectivity index (χ2n) is 8.77. The summed E-state index contributed by atoms with van der Waals surface area (Å²) < 4.78 is 14.3. The maximum atomic E-state index is 12.9. The second-order valence-corrected chi connectivity index (χ2v) is 9.71. The summed E-state index contributed by atoms with van der Waals surface area (Å²) in [6.07, 6.45) is 5.62. The fourth-order valence-electron chi connectivity index (χ4n) is 4.84. The van der Waals surface area contributed by atoms with Gasteiger partial charge in [-0.05, 0) is 55.9 Å². The van der Waals surface area contributed by atoms with Gasteiger partial charge >= 0.3 is 5.69 Å². The summed E-state index contributed by atoms with van der Waals surface area (Å²) in [5.74, 6) is 2.19. The zero-order valence-electron chi connectivity index (χ0n) is 18.8. The van der Waals surface area contributed by atoms with Crippen LogP contribution in [0.5, 0.6) is 5.75 Å². The quantitative estimate of drug-likeness (QED) is 0.396. The van der Waals surface area contributed by atoms with Crippen LogP contribution in [-0.4, -0.2) is 27.0 Å². The standard InChI is InChI=1S/C25H27N3O4S/c1-27-20-10-9-18(31-2)12-21(20)28(25(27)30)14-16-5-7-17(8-6-16)22(29)13-24-26-19(15-33-24)23-4-3-11-32-23/h3-4,9-12,15-17H,5-8,13-14H2,1-2H3. The molecule has 0 atom stereocenters. The average molecular weight is 466 g/mol. The van der Waals surface area contributed by atoms with Gasteiger partial charge in [0.2, 0.25) is 0 Å². The van der Waals surface area contributed by atoms with Gasteiger partial charge in [0.25, 0.3) is 0 Å². The molecule has 0 spiro atoms. The van der Waals surface area contributed by atoms with Crippen LogP contribution in [0.1, 0.15) is 30.7 Å². The van der Waals surface area contributed by atoms with E-state index in [1.54, 1.807) is 25.0 Å². The zero-order chi connectivity index (χ0) is 22.9. The topological polar surface area (TPSA) is 79.3 Å². The zero-order valence-corrected chi connectivity index (χ0v) is 19.6. The van der Waals surface area contributed by atoms with Crippen LogP contribution < -0.4 is 10.4 Å². The Labute approximate surface area is 195 Å². The van der Waals surface area contributed by atoms with Crippen LogP contribution in [0, 0.1) is 11.8 Å². The number of fused-ring (bicyclic) bond motifs is 1. The number of nitrogens with zero attached hydrogens (tertiary/aromatic N) is 3. The van der Waals surface area contributed by atoms with E-state index in [0.717, 1.165) is 58.9 Å². The van der Waals surface area contributed by atoms with Gasteiger partial charge < -0.3 is 9.15 Å². The Kier molecular flexibility index (Phi) is 5.93. The number of carbonyl (C=O) groups is 1. The van der Waals surface area contributed by atoms with Crippen molar-refractivity contribution in [1.29, 1.82) is 0 Å². The van der Waals surface area contributed by atoms with Crippen LogP contribution in [0.2, 0.25) is 0 Å². The molecular weight excluding hydrogens is 438 g/mol. The van der Waals surface area contributed by atoms with Crippen LogP contribution >= 0.6 is 11.3 Å². The third kappa shape index (κ3) is 4.27. The van der Waals surface area contributed by atoms with Crippen molar-refractivity contribution in [2.45, 2.75) is 38.6 Å². The molecule has 7 nitrogen and oxygen atoms in total. The van der Waals surface area contributed by atoms with E-state index in [1.807, 2.05) is 40.3 Å². The van der Waals surface area contributed by atoms with E-state index >= 15 is 0 Å². The molecule has 1 saturated carbocycles. The molecule has 3 aromatic heterocycles. The van der Waals surface area contributed by atoms with E-state index in [9.17, 15) is 9.59 Å². The molecule has 1 aliphatic rings. The molecule has 8 heteroatoms. The van der Waals surface area contributed by atoms with Crippen molar-refractivity contribution in [2.75, 3.05) is 7.11 Å². The summed E-state index contributed by atoms with van der Waals surface area (Å²) in [6, 6.07) is 9.44. The molecule has 1 aromatic carbocycles. The molecule has 5 rings (SSSR count). The Bertz CT molecular complexity index is 1320. The largest absolute Gasteiger partial charge is 0.497 e. The molecule has 0 amide bonds. The van der Waals surface area contributed by atoms with Crippen LogP contribution in [0.3, 0.4) is 0 Å². The minimum atomic E-state index is -0.00687. The van der Waals surface area contributed by atoms with Gasteiger partial charge in [-0.1, -0.05) is 0 Å². The predicted octanol–water partition coefficient (Wildman–Crippen LogP) is 4.68. The molecule has 0 unspecified atom stereocenters. The Balaban J connectivity index is 1.21. The number of hydrogen-bond acceptors (Lipinski definition) is 6. The maximum Gasteiger partial charge on any atom is 0.328 e. The number of aryl methyl sites for hydroxylation is 1. The van der Waals surface area contributed by atoms with Crippen molar-refractivity contribution in [3.63, 3.8) is 0 Å². The normalized spacial score (nSPS) is 18.6. The van der Waals surface area contributed by atoms with Crippen molar-refractivity contribution in [1.82, 2.24) is 14.1 Å². The first-order valence-electron chi connectivity index (χ1n) is 11.3. The van der Waals surface area contributed by atoms with Crippen LogP contribution in [-0.2, 0) is 24.8 Å². The average Bonchev–Trinajstić information content (AvgIpc) is 3.57. The van der Waals surface area contributed by atoms with Gasteiger partial charge in [0.1, 0.15) is 22.2 Å². The first kappa shape index (κ1) is 21.7. The SMILES string of the molecule is COc1ccc2c(c1)n(CC1CCC(C(=O)Cc3nc(-c4ccco4)cs3)CC1)c(=O)n2C. The number of rotatable bonds is 7. The summed E-state index contributed by atoms with van der Waals surface area (Å²) in [6.45, 7) is 0.670. The molecule has 172 valence electrons. The summed E-state index contributed by atoms with van der Waals surface area (Å²) in [7, 11) is 3.44. The van der Waals surface area contributed by atoms with Crippen molar-refractivity contribution < 1.29 is 13.9 Å². The van der Waals surface area contributed by atoms with Gasteiger partial charge in [-0.25, -0.2) is 9.78 Å². The molecule has 0 bridgehead atoms. The number of ketones is 1. The number of furan rings is 1. The fraction of sp³-hybridized carbons (Fsp3) is 0.400. The third-order valence-corrected chi connectivity index (χ3v) is 7.60. The Morgan fingerprint density at radius 1 is 1.21 bits per heavy atom. The lowest BCUT2D eigenvalue weighted by Gasteiger charge is -2.27. The fourth-order valence-corrected chi connectivity index (χ4v) is 5.63. The van der Waals surface area contributed by atoms with E-state index < -0.39 is 0 Å². The van der Waals surface area contributed by atoms with E-state index in [0.29, 0.717) is 18.9 Å². The first-order valence-corrected chi connectivity index (χ1v) is 12.2. The number of benzene rings is 1. The minimum absolute atomic E-state index is 0.00687. The summed E-state index contributed by atoms with van der Waals surface area (Å²) in [5.41, 5.74) is 2.58. The van der Waals surface area contributed by atoms with Crippen molar-refractivity contribution in [3.8, 4) is 17.2 Å². The molecule has 0 saturated heterocycles. The molecule has 0 N–H and O–H groups in total. The monoisotopic (exact) mass is 465 g/mol. The molecule has 1 fully saturated rings. The Morgan fingerprint density at radius 2 is 2.03 bits per heavy atom. The minimum Gasteiger partial charge on any atom is -0.497 e. The van der Waals surface area contributed by atoms with E-state index in [-0.39, 0.29) is 17.4 Å². The molecule has 0 aliphatic heterocycles. The van der Waals surface area contributed by atoms with Crippen molar-refractivity contribution >= 4 is 28.2 Å². The molecule has 33 heavy (non-hydrogen) atoms. The van der Waals surface area contributed by atoms with Crippen molar-refractivity contribution in [3.05, 3.63) is 57.5 Å². The first-order chi connectivity index (χ1) is 16.0. The van der Waals surface area contributed by atoms with Gasteiger partial charge in [-0.2, -0.15) is 0 Å². The summed E-state index contributed by atoms with van der Waals surface area (Å²) in [5, 5.41) is 2.78. The third-order valence-electron chi connectivity index (χ3n) is 6.75. The van der Waals surface area contributed by atoms with Gasteiger partial charge in [0, 0.05) is 31.0 Å². The number of aromatic nitrogens is 3. The van der Waals surface area contributed by atoms with Crippen LogP contribution in [0.25, 0.3) is 22.5 Å². The highest BCUT2D eigenvalue weighted by atomic mass is 32.1. The smallest absolute Gasteiger partial charge is 0.328 e. The van der Waals surface area contributed by atoms with Crippen LogP contribution in [0.4, 0.5) is 0 Å². The highest BCUT2D eigenvalue weighted by Crippen LogP contribution is 2.32. The van der Waals surface area contributed by atoms with Gasteiger partial charge in [0.15, 0.2) is 5.76 Å². The highest BCUT2D eigenvalue weighted by molar-refractivity contribution is 7.10.